The van der Waals surface area contributed by atoms with Crippen molar-refractivity contribution in [2.75, 3.05) is 6.61 Å². The van der Waals surface area contributed by atoms with E-state index in [4.69, 9.17) is 10.00 Å². The van der Waals surface area contributed by atoms with E-state index in [2.05, 4.69) is 22.0 Å². The Labute approximate surface area is 103 Å². The molecule has 0 fully saturated rings. The lowest BCUT2D eigenvalue weighted by Crippen LogP contribution is -2.13. The Balaban J connectivity index is 2.53. The van der Waals surface area contributed by atoms with Gasteiger partial charge in [0, 0.05) is 10.5 Å². The second-order valence-corrected chi connectivity index (χ2v) is 5.11. The second-order valence-electron chi connectivity index (χ2n) is 4.20. The third kappa shape index (κ3) is 4.19. The third-order valence-corrected chi connectivity index (χ3v) is 2.59. The first-order chi connectivity index (χ1) is 7.43. The zero-order valence-corrected chi connectivity index (χ0v) is 10.8. The van der Waals surface area contributed by atoms with Crippen LogP contribution in [-0.4, -0.2) is 6.61 Å². The molecule has 0 aromatic heterocycles. The van der Waals surface area contributed by atoms with E-state index in [1.54, 1.807) is 6.07 Å². The van der Waals surface area contributed by atoms with Crippen LogP contribution in [0.15, 0.2) is 22.7 Å². The molecule has 1 aromatic rings. The molecule has 1 aromatic carbocycles. The van der Waals surface area contributed by atoms with Gasteiger partial charge in [0.15, 0.2) is 0 Å². The van der Waals surface area contributed by atoms with E-state index in [1.807, 2.05) is 13.8 Å². The summed E-state index contributed by atoms with van der Waals surface area (Å²) in [6, 6.07) is 6.57. The fourth-order valence-electron chi connectivity index (χ4n) is 1.09. The minimum absolute atomic E-state index is 0.344. The van der Waals surface area contributed by atoms with E-state index < -0.39 is 5.41 Å². The van der Waals surface area contributed by atoms with Crippen molar-refractivity contribution in [2.45, 2.75) is 20.3 Å². The fourth-order valence-corrected chi connectivity index (χ4v) is 1.54. The Morgan fingerprint density at radius 3 is 2.69 bits per heavy atom. The standard InChI is InChI=1S/C12H13BrFNO/c1-12(2,8-15)3-4-16-11-6-9(13)5-10(14)7-11/h5-7H,3-4H2,1-2H3. The lowest BCUT2D eigenvalue weighted by molar-refractivity contribution is 0.263. The van der Waals surface area contributed by atoms with Gasteiger partial charge in [0.2, 0.25) is 0 Å². The van der Waals surface area contributed by atoms with Crippen LogP contribution in [0.5, 0.6) is 5.75 Å². The summed E-state index contributed by atoms with van der Waals surface area (Å²) >= 11 is 3.19. The maximum atomic E-state index is 13.0. The molecule has 0 spiro atoms. The lowest BCUT2D eigenvalue weighted by Gasteiger charge is -2.15. The highest BCUT2D eigenvalue weighted by atomic mass is 79.9. The van der Waals surface area contributed by atoms with Crippen molar-refractivity contribution in [2.24, 2.45) is 5.41 Å². The topological polar surface area (TPSA) is 33.0 Å². The number of hydrogen-bond acceptors (Lipinski definition) is 2. The van der Waals surface area contributed by atoms with Gasteiger partial charge in [0.05, 0.1) is 18.1 Å². The van der Waals surface area contributed by atoms with Gasteiger partial charge in [0.1, 0.15) is 11.6 Å². The molecule has 0 heterocycles. The van der Waals surface area contributed by atoms with E-state index in [0.717, 1.165) is 0 Å². The molecule has 1 rings (SSSR count). The Hall–Kier alpha value is -1.08. The molecule has 0 atom stereocenters. The Kier molecular flexibility index (Phi) is 4.31. The molecule has 0 bridgehead atoms. The first-order valence-corrected chi connectivity index (χ1v) is 5.72. The summed E-state index contributed by atoms with van der Waals surface area (Å²) in [5, 5.41) is 8.81. The van der Waals surface area contributed by atoms with Crippen LogP contribution in [0.25, 0.3) is 0 Å². The quantitative estimate of drug-likeness (QED) is 0.840. The van der Waals surface area contributed by atoms with Gasteiger partial charge in [-0.2, -0.15) is 5.26 Å². The predicted molar refractivity (Wildman–Crippen MR) is 63.6 cm³/mol. The van der Waals surface area contributed by atoms with E-state index in [9.17, 15) is 4.39 Å². The number of benzene rings is 1. The molecular weight excluding hydrogens is 273 g/mol. The molecule has 0 amide bonds. The van der Waals surface area contributed by atoms with E-state index >= 15 is 0 Å². The van der Waals surface area contributed by atoms with E-state index in [0.29, 0.717) is 23.2 Å². The van der Waals surface area contributed by atoms with Gasteiger partial charge in [0.25, 0.3) is 0 Å². The lowest BCUT2D eigenvalue weighted by atomic mass is 9.92. The first kappa shape index (κ1) is 13.0. The molecule has 0 aliphatic carbocycles. The highest BCUT2D eigenvalue weighted by molar-refractivity contribution is 9.10. The van der Waals surface area contributed by atoms with Gasteiger partial charge < -0.3 is 4.74 Å². The molecule has 0 saturated heterocycles. The van der Waals surface area contributed by atoms with Crippen molar-refractivity contribution in [1.82, 2.24) is 0 Å². The van der Waals surface area contributed by atoms with Crippen molar-refractivity contribution in [3.8, 4) is 11.8 Å². The van der Waals surface area contributed by atoms with Crippen molar-refractivity contribution >= 4 is 15.9 Å². The van der Waals surface area contributed by atoms with Crippen molar-refractivity contribution in [1.29, 1.82) is 5.26 Å². The summed E-state index contributed by atoms with van der Waals surface area (Å²) in [5.41, 5.74) is -0.412. The summed E-state index contributed by atoms with van der Waals surface area (Å²) < 4.78 is 19.0. The second kappa shape index (κ2) is 5.31. The summed E-state index contributed by atoms with van der Waals surface area (Å²) in [6.07, 6.45) is 0.609. The number of nitriles is 1. The molecule has 2 nitrogen and oxygen atoms in total. The molecule has 0 saturated carbocycles. The van der Waals surface area contributed by atoms with Gasteiger partial charge in [-0.15, -0.1) is 0 Å². The van der Waals surface area contributed by atoms with Crippen molar-refractivity contribution in [3.63, 3.8) is 0 Å². The van der Waals surface area contributed by atoms with Crippen molar-refractivity contribution in [3.05, 3.63) is 28.5 Å². The zero-order valence-electron chi connectivity index (χ0n) is 9.26. The zero-order chi connectivity index (χ0) is 12.2. The van der Waals surface area contributed by atoms with E-state index in [1.165, 1.54) is 12.1 Å². The molecular formula is C12H13BrFNO. The van der Waals surface area contributed by atoms with Crippen LogP contribution in [0.3, 0.4) is 0 Å². The molecule has 4 heteroatoms. The molecule has 0 radical (unpaired) electrons. The highest BCUT2D eigenvalue weighted by Gasteiger charge is 2.16. The summed E-state index contributed by atoms with van der Waals surface area (Å²) in [5.74, 6) is 0.129. The molecule has 0 aliphatic rings. The highest BCUT2D eigenvalue weighted by Crippen LogP contribution is 2.23. The van der Waals surface area contributed by atoms with Crippen LogP contribution in [0.2, 0.25) is 0 Å². The van der Waals surface area contributed by atoms with Crippen LogP contribution in [0.4, 0.5) is 4.39 Å². The van der Waals surface area contributed by atoms with Crippen LogP contribution >= 0.6 is 15.9 Å². The Morgan fingerprint density at radius 2 is 2.12 bits per heavy atom. The monoisotopic (exact) mass is 285 g/mol. The minimum atomic E-state index is -0.412. The van der Waals surface area contributed by atoms with Crippen molar-refractivity contribution < 1.29 is 9.13 Å². The number of halogens is 2. The van der Waals surface area contributed by atoms with E-state index in [-0.39, 0.29) is 5.82 Å². The normalized spacial score (nSPS) is 10.9. The fraction of sp³-hybridized carbons (Fsp3) is 0.417. The summed E-state index contributed by atoms with van der Waals surface area (Å²) in [4.78, 5) is 0. The number of rotatable bonds is 4. The smallest absolute Gasteiger partial charge is 0.128 e. The SMILES string of the molecule is CC(C)(C#N)CCOc1cc(F)cc(Br)c1. The molecule has 0 N–H and O–H groups in total. The maximum Gasteiger partial charge on any atom is 0.128 e. The van der Waals surface area contributed by atoms with Gasteiger partial charge in [-0.25, -0.2) is 4.39 Å². The van der Waals surface area contributed by atoms with Crippen LogP contribution in [-0.2, 0) is 0 Å². The number of hydrogen-bond donors (Lipinski definition) is 0. The summed E-state index contributed by atoms with van der Waals surface area (Å²) in [6.45, 7) is 4.09. The molecule has 16 heavy (non-hydrogen) atoms. The first-order valence-electron chi connectivity index (χ1n) is 4.93. The number of nitrogens with zero attached hydrogens (tertiary/aromatic N) is 1. The van der Waals surface area contributed by atoms with Crippen LogP contribution in [0.1, 0.15) is 20.3 Å². The Bertz CT molecular complexity index is 392. The third-order valence-electron chi connectivity index (χ3n) is 2.13. The average molecular weight is 286 g/mol. The molecule has 0 aliphatic heterocycles. The average Bonchev–Trinajstić information content (AvgIpc) is 2.16. The van der Waals surface area contributed by atoms with Crippen LogP contribution < -0.4 is 4.74 Å². The largest absolute Gasteiger partial charge is 0.493 e. The van der Waals surface area contributed by atoms with Crippen LogP contribution in [0, 0.1) is 22.6 Å². The molecule has 0 unspecified atom stereocenters. The summed E-state index contributed by atoms with van der Waals surface area (Å²) in [7, 11) is 0. The number of ether oxygens (including phenoxy) is 1. The molecule has 86 valence electrons. The maximum absolute atomic E-state index is 13.0. The predicted octanol–water partition coefficient (Wildman–Crippen LogP) is 3.91. The van der Waals surface area contributed by atoms with Gasteiger partial charge in [-0.1, -0.05) is 15.9 Å². The minimum Gasteiger partial charge on any atom is -0.493 e. The Morgan fingerprint density at radius 1 is 1.44 bits per heavy atom. The van der Waals surface area contributed by atoms with Gasteiger partial charge in [-0.05, 0) is 32.4 Å². The van der Waals surface area contributed by atoms with Gasteiger partial charge in [-0.3, -0.25) is 0 Å². The van der Waals surface area contributed by atoms with Gasteiger partial charge >= 0.3 is 0 Å².